The molecular weight excluding hydrogens is 234 g/mol. The van der Waals surface area contributed by atoms with E-state index in [1.807, 2.05) is 11.0 Å². The fourth-order valence-corrected chi connectivity index (χ4v) is 1.95. The second-order valence-corrected chi connectivity index (χ2v) is 4.04. The molecular formula is C12H13N3O3. The molecule has 1 aromatic rings. The summed E-state index contributed by atoms with van der Waals surface area (Å²) in [6.45, 7) is 1.54. The number of nitrogens with zero attached hydrogens (tertiary/aromatic N) is 3. The van der Waals surface area contributed by atoms with Gasteiger partial charge in [-0.15, -0.1) is 0 Å². The van der Waals surface area contributed by atoms with Crippen molar-refractivity contribution in [3.05, 3.63) is 23.9 Å². The van der Waals surface area contributed by atoms with Crippen LogP contribution in [0.2, 0.25) is 0 Å². The predicted molar refractivity (Wildman–Crippen MR) is 63.2 cm³/mol. The third-order valence-corrected chi connectivity index (χ3v) is 2.81. The van der Waals surface area contributed by atoms with Crippen LogP contribution < -0.4 is 4.90 Å². The van der Waals surface area contributed by atoms with Gasteiger partial charge in [0.1, 0.15) is 11.9 Å². The lowest BCUT2D eigenvalue weighted by atomic mass is 10.1. The first kappa shape index (κ1) is 12.3. The first-order valence-corrected chi connectivity index (χ1v) is 5.63. The van der Waals surface area contributed by atoms with Gasteiger partial charge in [-0.2, -0.15) is 5.26 Å². The van der Waals surface area contributed by atoms with Gasteiger partial charge in [-0.25, -0.2) is 4.98 Å². The average molecular weight is 247 g/mol. The van der Waals surface area contributed by atoms with E-state index in [9.17, 15) is 4.79 Å². The van der Waals surface area contributed by atoms with Crippen molar-refractivity contribution in [2.75, 3.05) is 24.7 Å². The van der Waals surface area contributed by atoms with Gasteiger partial charge in [0.2, 0.25) is 0 Å². The second kappa shape index (κ2) is 5.47. The van der Waals surface area contributed by atoms with E-state index in [2.05, 4.69) is 4.98 Å². The zero-order valence-electron chi connectivity index (χ0n) is 9.74. The van der Waals surface area contributed by atoms with Crippen molar-refractivity contribution in [1.29, 1.82) is 5.26 Å². The number of aromatic nitrogens is 1. The third kappa shape index (κ3) is 2.76. The minimum absolute atomic E-state index is 0.0156. The summed E-state index contributed by atoms with van der Waals surface area (Å²) in [5.74, 6) is -0.173. The van der Waals surface area contributed by atoms with Crippen molar-refractivity contribution in [1.82, 2.24) is 4.98 Å². The summed E-state index contributed by atoms with van der Waals surface area (Å²) >= 11 is 0. The second-order valence-electron chi connectivity index (χ2n) is 4.04. The Balaban J connectivity index is 2.17. The molecule has 0 aromatic carbocycles. The maximum atomic E-state index is 10.8. The molecule has 0 spiro atoms. The van der Waals surface area contributed by atoms with Gasteiger partial charge in [-0.05, 0) is 12.1 Å². The van der Waals surface area contributed by atoms with Crippen LogP contribution in [0.5, 0.6) is 0 Å². The van der Waals surface area contributed by atoms with Crippen molar-refractivity contribution in [2.45, 2.75) is 12.5 Å². The molecule has 0 aliphatic carbocycles. The fraction of sp³-hybridized carbons (Fsp3) is 0.417. The summed E-state index contributed by atoms with van der Waals surface area (Å²) < 4.78 is 5.29. The number of nitriles is 1. The van der Waals surface area contributed by atoms with E-state index in [-0.39, 0.29) is 12.5 Å². The van der Waals surface area contributed by atoms with Crippen molar-refractivity contribution in [3.8, 4) is 6.07 Å². The van der Waals surface area contributed by atoms with Crippen molar-refractivity contribution in [2.24, 2.45) is 0 Å². The lowest BCUT2D eigenvalue weighted by Crippen LogP contribution is -2.47. The lowest BCUT2D eigenvalue weighted by molar-refractivity contribution is -0.138. The summed E-state index contributed by atoms with van der Waals surface area (Å²) in [5, 5.41) is 17.6. The Kier molecular flexibility index (Phi) is 3.75. The Bertz CT molecular complexity index is 466. The van der Waals surface area contributed by atoms with Crippen LogP contribution in [0.15, 0.2) is 18.3 Å². The molecule has 1 fully saturated rings. The number of carboxylic acids is 1. The molecule has 1 aromatic heterocycles. The van der Waals surface area contributed by atoms with Crippen LogP contribution >= 0.6 is 0 Å². The highest BCUT2D eigenvalue weighted by molar-refractivity contribution is 5.68. The molecule has 18 heavy (non-hydrogen) atoms. The molecule has 1 unspecified atom stereocenters. The Morgan fingerprint density at radius 2 is 2.50 bits per heavy atom. The fourth-order valence-electron chi connectivity index (χ4n) is 1.95. The molecule has 2 heterocycles. The van der Waals surface area contributed by atoms with E-state index in [4.69, 9.17) is 15.1 Å². The molecule has 94 valence electrons. The van der Waals surface area contributed by atoms with Crippen molar-refractivity contribution in [3.63, 3.8) is 0 Å². The monoisotopic (exact) mass is 247 g/mol. The highest BCUT2D eigenvalue weighted by Crippen LogP contribution is 2.19. The number of ether oxygens (including phenoxy) is 1. The first-order chi connectivity index (χ1) is 8.70. The van der Waals surface area contributed by atoms with Crippen molar-refractivity contribution < 1.29 is 14.6 Å². The molecule has 1 atom stereocenters. The molecule has 6 heteroatoms. The number of carboxylic acid groups (broad SMARTS) is 1. The number of pyridine rings is 1. The van der Waals surface area contributed by atoms with Crippen LogP contribution in [0.1, 0.15) is 12.0 Å². The molecule has 1 saturated heterocycles. The van der Waals surface area contributed by atoms with Crippen LogP contribution in [-0.2, 0) is 9.53 Å². The van der Waals surface area contributed by atoms with E-state index in [0.717, 1.165) is 0 Å². The zero-order chi connectivity index (χ0) is 13.0. The molecule has 1 N–H and O–H groups in total. The standard InChI is InChI=1S/C12H13N3O3/c13-6-9-1-2-11(14-7-9)15-3-4-18-8-10(15)5-12(16)17/h1-2,7,10H,3-5,8H2,(H,16,17). The van der Waals surface area contributed by atoms with E-state index in [0.29, 0.717) is 31.1 Å². The third-order valence-electron chi connectivity index (χ3n) is 2.81. The Labute approximate surface area is 104 Å². The van der Waals surface area contributed by atoms with Gasteiger partial charge < -0.3 is 14.7 Å². The number of hydrogen-bond acceptors (Lipinski definition) is 5. The van der Waals surface area contributed by atoms with Crippen LogP contribution in [0.4, 0.5) is 5.82 Å². The Morgan fingerprint density at radius 1 is 1.67 bits per heavy atom. The maximum Gasteiger partial charge on any atom is 0.305 e. The van der Waals surface area contributed by atoms with Gasteiger partial charge in [0, 0.05) is 12.7 Å². The lowest BCUT2D eigenvalue weighted by Gasteiger charge is -2.35. The summed E-state index contributed by atoms with van der Waals surface area (Å²) in [4.78, 5) is 16.9. The van der Waals surface area contributed by atoms with Gasteiger partial charge in [-0.3, -0.25) is 4.79 Å². The molecule has 0 radical (unpaired) electrons. The number of aliphatic carboxylic acids is 1. The predicted octanol–water partition coefficient (Wildman–Crippen LogP) is 0.633. The van der Waals surface area contributed by atoms with Crippen LogP contribution in [0.25, 0.3) is 0 Å². The van der Waals surface area contributed by atoms with E-state index in [1.54, 1.807) is 12.1 Å². The number of carbonyl (C=O) groups is 1. The van der Waals surface area contributed by atoms with Gasteiger partial charge in [-0.1, -0.05) is 0 Å². The average Bonchev–Trinajstić information content (AvgIpc) is 2.39. The van der Waals surface area contributed by atoms with Gasteiger partial charge in [0.05, 0.1) is 31.2 Å². The van der Waals surface area contributed by atoms with Crippen LogP contribution in [0.3, 0.4) is 0 Å². The molecule has 0 amide bonds. The van der Waals surface area contributed by atoms with E-state index < -0.39 is 5.97 Å². The Hall–Kier alpha value is -2.13. The van der Waals surface area contributed by atoms with E-state index >= 15 is 0 Å². The number of hydrogen-bond donors (Lipinski definition) is 1. The highest BCUT2D eigenvalue weighted by Gasteiger charge is 2.26. The normalized spacial score (nSPS) is 19.3. The van der Waals surface area contributed by atoms with Gasteiger partial charge >= 0.3 is 5.97 Å². The molecule has 6 nitrogen and oxygen atoms in total. The van der Waals surface area contributed by atoms with E-state index in [1.165, 1.54) is 6.20 Å². The minimum atomic E-state index is -0.857. The summed E-state index contributed by atoms with van der Waals surface area (Å²) in [6, 6.07) is 5.20. The highest BCUT2D eigenvalue weighted by atomic mass is 16.5. The molecule has 0 bridgehead atoms. The minimum Gasteiger partial charge on any atom is -0.481 e. The van der Waals surface area contributed by atoms with Crippen LogP contribution in [-0.4, -0.2) is 41.9 Å². The molecule has 1 aliphatic heterocycles. The Morgan fingerprint density at radius 3 is 3.11 bits per heavy atom. The van der Waals surface area contributed by atoms with Crippen molar-refractivity contribution >= 4 is 11.8 Å². The number of rotatable bonds is 3. The number of morpholine rings is 1. The summed E-state index contributed by atoms with van der Waals surface area (Å²) in [5.41, 5.74) is 0.488. The van der Waals surface area contributed by atoms with Gasteiger partial charge in [0.25, 0.3) is 0 Å². The summed E-state index contributed by atoms with van der Waals surface area (Å²) in [7, 11) is 0. The van der Waals surface area contributed by atoms with Crippen LogP contribution in [0, 0.1) is 11.3 Å². The topological polar surface area (TPSA) is 86.5 Å². The quantitative estimate of drug-likeness (QED) is 0.843. The number of anilines is 1. The summed E-state index contributed by atoms with van der Waals surface area (Å²) in [6.07, 6.45) is 1.50. The first-order valence-electron chi connectivity index (χ1n) is 5.63. The molecule has 1 aliphatic rings. The largest absolute Gasteiger partial charge is 0.481 e. The zero-order valence-corrected chi connectivity index (χ0v) is 9.74. The molecule has 0 saturated carbocycles. The smallest absolute Gasteiger partial charge is 0.305 e. The SMILES string of the molecule is N#Cc1ccc(N2CCOCC2CC(=O)O)nc1. The molecule has 2 rings (SSSR count). The maximum absolute atomic E-state index is 10.8. The van der Waals surface area contributed by atoms with Gasteiger partial charge in [0.15, 0.2) is 0 Å².